The van der Waals surface area contributed by atoms with Crippen molar-refractivity contribution in [2.45, 2.75) is 57.5 Å². The molecule has 0 bridgehead atoms. The van der Waals surface area contributed by atoms with Gasteiger partial charge in [-0.3, -0.25) is 0 Å². The third kappa shape index (κ3) is 3.66. The zero-order valence-corrected chi connectivity index (χ0v) is 16.3. The molecular formula is C24H32N2. The van der Waals surface area contributed by atoms with E-state index in [-0.39, 0.29) is 0 Å². The van der Waals surface area contributed by atoms with Crippen molar-refractivity contribution in [3.8, 4) is 0 Å². The van der Waals surface area contributed by atoms with Crippen LogP contribution >= 0.6 is 0 Å². The largest absolute Gasteiger partial charge is 0.368 e. The van der Waals surface area contributed by atoms with Crippen LogP contribution in [0.15, 0.2) is 48.5 Å². The highest BCUT2D eigenvalue weighted by Crippen LogP contribution is 2.31. The van der Waals surface area contributed by atoms with Gasteiger partial charge >= 0.3 is 0 Å². The smallest absolute Gasteiger partial charge is 0.0398 e. The fourth-order valence-electron chi connectivity index (χ4n) is 4.94. The number of para-hydroxylation sites is 1. The molecule has 26 heavy (non-hydrogen) atoms. The van der Waals surface area contributed by atoms with Crippen molar-refractivity contribution in [1.29, 1.82) is 0 Å². The molecule has 2 aromatic carbocycles. The molecule has 0 saturated carbocycles. The molecule has 2 aromatic rings. The average Bonchev–Trinajstić information content (AvgIpc) is 3.08. The van der Waals surface area contributed by atoms with E-state index in [0.717, 1.165) is 6.04 Å². The predicted molar refractivity (Wildman–Crippen MR) is 111 cm³/mol. The number of benzene rings is 2. The Bertz CT molecular complexity index is 713. The summed E-state index contributed by atoms with van der Waals surface area (Å²) in [6, 6.07) is 19.3. The summed E-state index contributed by atoms with van der Waals surface area (Å²) in [4.78, 5) is 5.31. The van der Waals surface area contributed by atoms with Gasteiger partial charge in [-0.15, -0.1) is 0 Å². The highest BCUT2D eigenvalue weighted by atomic mass is 15.2. The SMILES string of the molecule is Cc1ccccc1N(CC[C@@H]1CCCCN1C)C1Cc2ccccc2C1. The fourth-order valence-corrected chi connectivity index (χ4v) is 4.94. The number of fused-ring (bicyclic) bond motifs is 1. The van der Waals surface area contributed by atoms with Gasteiger partial charge in [0.25, 0.3) is 0 Å². The number of hydrogen-bond acceptors (Lipinski definition) is 2. The zero-order chi connectivity index (χ0) is 17.9. The summed E-state index contributed by atoms with van der Waals surface area (Å²) in [7, 11) is 2.31. The van der Waals surface area contributed by atoms with Gasteiger partial charge in [-0.25, -0.2) is 0 Å². The standard InChI is InChI=1S/C24H32N2/c1-19-9-3-6-13-24(19)26(16-14-22-12-7-8-15-25(22)2)23-17-20-10-4-5-11-21(20)18-23/h3-6,9-11,13,22-23H,7-8,12,14-18H2,1-2H3/t22-/m0/s1. The molecule has 0 N–H and O–H groups in total. The molecule has 2 aliphatic rings. The summed E-state index contributed by atoms with van der Waals surface area (Å²) >= 11 is 0. The first kappa shape index (κ1) is 17.6. The van der Waals surface area contributed by atoms with Crippen LogP contribution in [0.25, 0.3) is 0 Å². The van der Waals surface area contributed by atoms with Crippen LogP contribution < -0.4 is 4.90 Å². The summed E-state index contributed by atoms with van der Waals surface area (Å²) in [6.07, 6.45) is 7.78. The summed E-state index contributed by atoms with van der Waals surface area (Å²) in [5, 5.41) is 0. The van der Waals surface area contributed by atoms with Gasteiger partial charge in [-0.1, -0.05) is 48.9 Å². The molecule has 1 atom stereocenters. The van der Waals surface area contributed by atoms with E-state index in [0.29, 0.717) is 6.04 Å². The van der Waals surface area contributed by atoms with Crippen molar-refractivity contribution in [2.24, 2.45) is 0 Å². The number of rotatable bonds is 5. The molecular weight excluding hydrogens is 316 g/mol. The molecule has 1 saturated heterocycles. The van der Waals surface area contributed by atoms with Crippen LogP contribution in [0.1, 0.15) is 42.4 Å². The van der Waals surface area contributed by atoms with Gasteiger partial charge in [0, 0.05) is 24.3 Å². The van der Waals surface area contributed by atoms with E-state index in [9.17, 15) is 0 Å². The van der Waals surface area contributed by atoms with E-state index in [1.807, 2.05) is 0 Å². The van der Waals surface area contributed by atoms with Crippen molar-refractivity contribution in [3.63, 3.8) is 0 Å². The Labute approximate surface area is 158 Å². The number of hydrogen-bond donors (Lipinski definition) is 0. The van der Waals surface area contributed by atoms with Gasteiger partial charge < -0.3 is 9.80 Å². The lowest BCUT2D eigenvalue weighted by atomic mass is 9.99. The van der Waals surface area contributed by atoms with Crippen molar-refractivity contribution in [3.05, 3.63) is 65.2 Å². The number of piperidine rings is 1. The molecule has 138 valence electrons. The highest BCUT2D eigenvalue weighted by molar-refractivity contribution is 5.55. The van der Waals surface area contributed by atoms with Gasteiger partial charge in [-0.2, -0.15) is 0 Å². The van der Waals surface area contributed by atoms with Crippen LogP contribution in [0.5, 0.6) is 0 Å². The Kier molecular flexibility index (Phi) is 5.31. The Hall–Kier alpha value is -1.80. The van der Waals surface area contributed by atoms with Gasteiger partial charge in [0.15, 0.2) is 0 Å². The van der Waals surface area contributed by atoms with Gasteiger partial charge in [0.05, 0.1) is 0 Å². The van der Waals surface area contributed by atoms with E-state index in [1.165, 1.54) is 62.9 Å². The minimum atomic E-state index is 0.599. The Morgan fingerprint density at radius 3 is 2.35 bits per heavy atom. The minimum Gasteiger partial charge on any atom is -0.368 e. The average molecular weight is 349 g/mol. The number of likely N-dealkylation sites (tertiary alicyclic amines) is 1. The minimum absolute atomic E-state index is 0.599. The van der Waals surface area contributed by atoms with E-state index >= 15 is 0 Å². The van der Waals surface area contributed by atoms with Crippen LogP contribution in [0.4, 0.5) is 5.69 Å². The molecule has 0 aromatic heterocycles. The summed E-state index contributed by atoms with van der Waals surface area (Å²) < 4.78 is 0. The van der Waals surface area contributed by atoms with Crippen LogP contribution in [0, 0.1) is 6.92 Å². The third-order valence-corrected chi connectivity index (χ3v) is 6.52. The molecule has 1 aliphatic carbocycles. The Morgan fingerprint density at radius 1 is 0.962 bits per heavy atom. The lowest BCUT2D eigenvalue weighted by Gasteiger charge is -2.37. The Morgan fingerprint density at radius 2 is 1.65 bits per heavy atom. The van der Waals surface area contributed by atoms with Gasteiger partial charge in [-0.05, 0) is 75.4 Å². The third-order valence-electron chi connectivity index (χ3n) is 6.52. The molecule has 0 unspecified atom stereocenters. The van der Waals surface area contributed by atoms with Crippen molar-refractivity contribution >= 4 is 5.69 Å². The maximum absolute atomic E-state index is 2.72. The number of anilines is 1. The first-order chi connectivity index (χ1) is 12.7. The van der Waals surface area contributed by atoms with Crippen LogP contribution in [-0.2, 0) is 12.8 Å². The fraction of sp³-hybridized carbons (Fsp3) is 0.500. The second-order valence-electron chi connectivity index (χ2n) is 8.23. The summed E-state index contributed by atoms with van der Waals surface area (Å²) in [6.45, 7) is 4.69. The Balaban J connectivity index is 1.54. The first-order valence-corrected chi connectivity index (χ1v) is 10.3. The normalized spacial score (nSPS) is 20.9. The lowest BCUT2D eigenvalue weighted by molar-refractivity contribution is 0.177. The summed E-state index contributed by atoms with van der Waals surface area (Å²) in [5.41, 5.74) is 5.93. The molecule has 0 radical (unpaired) electrons. The van der Waals surface area contributed by atoms with E-state index < -0.39 is 0 Å². The molecule has 0 spiro atoms. The van der Waals surface area contributed by atoms with Gasteiger partial charge in [0.1, 0.15) is 0 Å². The molecule has 1 heterocycles. The highest BCUT2D eigenvalue weighted by Gasteiger charge is 2.28. The first-order valence-electron chi connectivity index (χ1n) is 10.3. The van der Waals surface area contributed by atoms with E-state index in [2.05, 4.69) is 72.3 Å². The maximum atomic E-state index is 2.72. The van der Waals surface area contributed by atoms with Crippen molar-refractivity contribution in [2.75, 3.05) is 25.0 Å². The van der Waals surface area contributed by atoms with Gasteiger partial charge in [0.2, 0.25) is 0 Å². The monoisotopic (exact) mass is 348 g/mol. The van der Waals surface area contributed by atoms with Crippen LogP contribution in [0.2, 0.25) is 0 Å². The van der Waals surface area contributed by atoms with E-state index in [1.54, 1.807) is 11.1 Å². The molecule has 1 aliphatic heterocycles. The number of nitrogens with zero attached hydrogens (tertiary/aromatic N) is 2. The molecule has 2 heteroatoms. The topological polar surface area (TPSA) is 6.48 Å². The zero-order valence-electron chi connectivity index (χ0n) is 16.3. The quantitative estimate of drug-likeness (QED) is 0.762. The number of aryl methyl sites for hydroxylation is 1. The maximum Gasteiger partial charge on any atom is 0.0398 e. The second-order valence-corrected chi connectivity index (χ2v) is 8.23. The van der Waals surface area contributed by atoms with Crippen molar-refractivity contribution < 1.29 is 0 Å². The molecule has 4 rings (SSSR count). The molecule has 2 nitrogen and oxygen atoms in total. The summed E-state index contributed by atoms with van der Waals surface area (Å²) in [5.74, 6) is 0. The van der Waals surface area contributed by atoms with Crippen molar-refractivity contribution in [1.82, 2.24) is 4.90 Å². The van der Waals surface area contributed by atoms with Crippen LogP contribution in [0.3, 0.4) is 0 Å². The molecule has 1 fully saturated rings. The second kappa shape index (κ2) is 7.84. The van der Waals surface area contributed by atoms with E-state index in [4.69, 9.17) is 0 Å². The van der Waals surface area contributed by atoms with Crippen LogP contribution in [-0.4, -0.2) is 37.1 Å². The lowest BCUT2D eigenvalue weighted by Crippen LogP contribution is -2.42. The predicted octanol–water partition coefficient (Wildman–Crippen LogP) is 4.84. The molecule has 0 amide bonds.